The van der Waals surface area contributed by atoms with Gasteiger partial charge >= 0.3 is 0 Å². The third-order valence-electron chi connectivity index (χ3n) is 1.84. The highest BCUT2D eigenvalue weighted by atomic mass is 16.5. The van der Waals surface area contributed by atoms with Crippen LogP contribution in [0.25, 0.3) is 0 Å². The number of rotatable bonds is 4. The number of carbonyl (C=O) groups excluding carboxylic acids is 1. The second-order valence-electron chi connectivity index (χ2n) is 2.95. The van der Waals surface area contributed by atoms with E-state index in [1.165, 1.54) is 0 Å². The molecule has 64 valence electrons. The Balaban J connectivity index is 2.05. The molecule has 1 aliphatic rings. The van der Waals surface area contributed by atoms with E-state index < -0.39 is 0 Å². The van der Waals surface area contributed by atoms with E-state index in [2.05, 4.69) is 5.32 Å². The van der Waals surface area contributed by atoms with Crippen molar-refractivity contribution in [2.75, 3.05) is 19.8 Å². The molecule has 0 spiro atoms. The minimum Gasteiger partial charge on any atom is -0.378 e. The summed E-state index contributed by atoms with van der Waals surface area (Å²) in [6.07, 6.45) is 0. The molecule has 1 unspecified atom stereocenters. The number of amides is 1. The Labute approximate surface area is 66.1 Å². The number of nitrogens with two attached hydrogens (primary N) is 1. The van der Waals surface area contributed by atoms with Crippen molar-refractivity contribution in [3.8, 4) is 0 Å². The molecule has 0 saturated carbocycles. The van der Waals surface area contributed by atoms with Crippen molar-refractivity contribution in [2.24, 2.45) is 11.7 Å². The van der Waals surface area contributed by atoms with Crippen molar-refractivity contribution < 1.29 is 9.53 Å². The second-order valence-corrected chi connectivity index (χ2v) is 2.95. The van der Waals surface area contributed by atoms with Gasteiger partial charge in [-0.05, 0) is 0 Å². The number of primary amides is 1. The third kappa shape index (κ3) is 2.48. The van der Waals surface area contributed by atoms with Crippen LogP contribution in [0.4, 0.5) is 0 Å². The van der Waals surface area contributed by atoms with Gasteiger partial charge in [0.15, 0.2) is 0 Å². The topological polar surface area (TPSA) is 64.3 Å². The fourth-order valence-corrected chi connectivity index (χ4v) is 0.798. The second kappa shape index (κ2) is 3.69. The predicted molar refractivity (Wildman–Crippen MR) is 41.0 cm³/mol. The quantitative estimate of drug-likeness (QED) is 0.557. The molecule has 4 heteroatoms. The van der Waals surface area contributed by atoms with E-state index in [0.29, 0.717) is 12.6 Å². The molecule has 1 amide bonds. The molecule has 1 saturated heterocycles. The zero-order valence-corrected chi connectivity index (χ0v) is 6.67. The van der Waals surface area contributed by atoms with Crippen LogP contribution >= 0.6 is 0 Å². The van der Waals surface area contributed by atoms with Gasteiger partial charge in [0, 0.05) is 12.5 Å². The van der Waals surface area contributed by atoms with Gasteiger partial charge in [0.2, 0.25) is 5.91 Å². The normalized spacial score (nSPS) is 20.8. The highest BCUT2D eigenvalue weighted by Crippen LogP contribution is 2.00. The van der Waals surface area contributed by atoms with Gasteiger partial charge in [-0.3, -0.25) is 4.79 Å². The minimum absolute atomic E-state index is 0.0874. The van der Waals surface area contributed by atoms with Crippen molar-refractivity contribution >= 4 is 5.91 Å². The summed E-state index contributed by atoms with van der Waals surface area (Å²) in [7, 11) is 0. The van der Waals surface area contributed by atoms with E-state index in [1.54, 1.807) is 0 Å². The zero-order chi connectivity index (χ0) is 8.27. The Hall–Kier alpha value is -0.610. The molecule has 0 aromatic carbocycles. The lowest BCUT2D eigenvalue weighted by molar-refractivity contribution is -0.121. The Morgan fingerprint density at radius 1 is 1.82 bits per heavy atom. The lowest BCUT2D eigenvalue weighted by Crippen LogP contribution is -2.48. The molecule has 1 heterocycles. The van der Waals surface area contributed by atoms with Crippen molar-refractivity contribution in [2.45, 2.75) is 13.0 Å². The van der Waals surface area contributed by atoms with Crippen LogP contribution in [0.5, 0.6) is 0 Å². The lowest BCUT2D eigenvalue weighted by Gasteiger charge is -2.27. The molecule has 1 fully saturated rings. The maximum Gasteiger partial charge on any atom is 0.221 e. The molecule has 1 aliphatic heterocycles. The predicted octanol–water partition coefficient (Wildman–Crippen LogP) is -0.904. The maximum absolute atomic E-state index is 10.6. The number of nitrogens with one attached hydrogen (secondary N) is 1. The molecule has 0 bridgehead atoms. The van der Waals surface area contributed by atoms with E-state index in [4.69, 9.17) is 10.5 Å². The van der Waals surface area contributed by atoms with Crippen LogP contribution in [0.2, 0.25) is 0 Å². The summed E-state index contributed by atoms with van der Waals surface area (Å²) in [4.78, 5) is 10.6. The SMILES string of the molecule is CC(CNC1COC1)C(N)=O. The van der Waals surface area contributed by atoms with E-state index in [1.807, 2.05) is 6.92 Å². The largest absolute Gasteiger partial charge is 0.378 e. The van der Waals surface area contributed by atoms with Crippen LogP contribution in [-0.2, 0) is 9.53 Å². The molecule has 0 aliphatic carbocycles. The highest BCUT2D eigenvalue weighted by molar-refractivity contribution is 5.76. The summed E-state index contributed by atoms with van der Waals surface area (Å²) in [6.45, 7) is 3.98. The van der Waals surface area contributed by atoms with Gasteiger partial charge in [-0.1, -0.05) is 6.92 Å². The molecule has 11 heavy (non-hydrogen) atoms. The van der Waals surface area contributed by atoms with Crippen LogP contribution < -0.4 is 11.1 Å². The van der Waals surface area contributed by atoms with Gasteiger partial charge in [0.25, 0.3) is 0 Å². The fourth-order valence-electron chi connectivity index (χ4n) is 0.798. The van der Waals surface area contributed by atoms with Gasteiger partial charge < -0.3 is 15.8 Å². The first-order chi connectivity index (χ1) is 5.20. The van der Waals surface area contributed by atoms with E-state index >= 15 is 0 Å². The Kier molecular flexibility index (Phi) is 2.84. The molecule has 1 rings (SSSR count). The van der Waals surface area contributed by atoms with Crippen molar-refractivity contribution in [3.05, 3.63) is 0 Å². The first-order valence-corrected chi connectivity index (χ1v) is 3.80. The van der Waals surface area contributed by atoms with Gasteiger partial charge in [0.1, 0.15) is 0 Å². The molecule has 4 nitrogen and oxygen atoms in total. The summed E-state index contributed by atoms with van der Waals surface area (Å²) in [5.74, 6) is -0.339. The van der Waals surface area contributed by atoms with E-state index in [9.17, 15) is 4.79 Å². The Morgan fingerprint density at radius 3 is 2.82 bits per heavy atom. The van der Waals surface area contributed by atoms with Crippen LogP contribution in [-0.4, -0.2) is 31.7 Å². The monoisotopic (exact) mass is 158 g/mol. The molecule has 3 N–H and O–H groups in total. The van der Waals surface area contributed by atoms with Crippen LogP contribution in [0.15, 0.2) is 0 Å². The third-order valence-corrected chi connectivity index (χ3v) is 1.84. The van der Waals surface area contributed by atoms with Gasteiger partial charge in [-0.25, -0.2) is 0 Å². The summed E-state index contributed by atoms with van der Waals surface area (Å²) in [5.41, 5.74) is 5.07. The average Bonchev–Trinajstić information content (AvgIpc) is 1.83. The summed E-state index contributed by atoms with van der Waals surface area (Å²) in [5, 5.41) is 3.17. The summed E-state index contributed by atoms with van der Waals surface area (Å²) >= 11 is 0. The van der Waals surface area contributed by atoms with Crippen LogP contribution in [0.3, 0.4) is 0 Å². The average molecular weight is 158 g/mol. The lowest BCUT2D eigenvalue weighted by atomic mass is 10.1. The molecule has 0 aromatic heterocycles. The Morgan fingerprint density at radius 2 is 2.45 bits per heavy atom. The Bertz CT molecular complexity index is 145. The standard InChI is InChI=1S/C7H14N2O2/c1-5(7(8)10)2-9-6-3-11-4-6/h5-6,9H,2-4H2,1H3,(H2,8,10). The zero-order valence-electron chi connectivity index (χ0n) is 6.67. The van der Waals surface area contributed by atoms with Gasteiger partial charge in [-0.15, -0.1) is 0 Å². The van der Waals surface area contributed by atoms with E-state index in [0.717, 1.165) is 13.2 Å². The van der Waals surface area contributed by atoms with Gasteiger partial charge in [-0.2, -0.15) is 0 Å². The molecule has 0 radical (unpaired) electrons. The summed E-state index contributed by atoms with van der Waals surface area (Å²) in [6, 6.07) is 0.428. The maximum atomic E-state index is 10.6. The molecule has 0 aromatic rings. The first kappa shape index (κ1) is 8.49. The first-order valence-electron chi connectivity index (χ1n) is 3.80. The van der Waals surface area contributed by atoms with Crippen molar-refractivity contribution in [1.29, 1.82) is 0 Å². The number of hydrogen-bond acceptors (Lipinski definition) is 3. The van der Waals surface area contributed by atoms with Crippen LogP contribution in [0.1, 0.15) is 6.92 Å². The van der Waals surface area contributed by atoms with Gasteiger partial charge in [0.05, 0.1) is 19.3 Å². The number of ether oxygens (including phenoxy) is 1. The summed E-state index contributed by atoms with van der Waals surface area (Å²) < 4.78 is 4.95. The minimum atomic E-state index is -0.252. The molecular formula is C7H14N2O2. The highest BCUT2D eigenvalue weighted by Gasteiger charge is 2.19. The van der Waals surface area contributed by atoms with Crippen LogP contribution in [0, 0.1) is 5.92 Å². The van der Waals surface area contributed by atoms with Crippen molar-refractivity contribution in [1.82, 2.24) is 5.32 Å². The molecule has 1 atom stereocenters. The van der Waals surface area contributed by atoms with E-state index in [-0.39, 0.29) is 11.8 Å². The number of carbonyl (C=O) groups is 1. The van der Waals surface area contributed by atoms with Crippen molar-refractivity contribution in [3.63, 3.8) is 0 Å². The number of hydrogen-bond donors (Lipinski definition) is 2. The smallest absolute Gasteiger partial charge is 0.221 e. The fraction of sp³-hybridized carbons (Fsp3) is 0.857. The molecular weight excluding hydrogens is 144 g/mol.